The molecule has 222 valence electrons. The van der Waals surface area contributed by atoms with E-state index in [0.29, 0.717) is 0 Å². The van der Waals surface area contributed by atoms with Crippen LogP contribution in [-0.2, 0) is 48.6 Å². The second-order valence-corrected chi connectivity index (χ2v) is 11.4. The van der Waals surface area contributed by atoms with Crippen molar-refractivity contribution >= 4 is 35.5 Å². The number of ether oxygens (including phenoxy) is 6. The lowest BCUT2D eigenvalue weighted by Crippen LogP contribution is -2.66. The molecular formula is C28H37ClO11. The van der Waals surface area contributed by atoms with Crippen molar-refractivity contribution in [3.63, 3.8) is 0 Å². The molecule has 12 heteroatoms. The van der Waals surface area contributed by atoms with E-state index in [2.05, 4.69) is 13.8 Å². The first-order valence-electron chi connectivity index (χ1n) is 13.1. The van der Waals surface area contributed by atoms with Gasteiger partial charge >= 0.3 is 23.9 Å². The SMILES string of the molecule is CC(=O)OC[C@H]1O[C@@](O)(c2ccc(Cl)c(OC3CCC(C)(C)CC3)c2)[C@H](OC(C)=O)[C@@H](OC(C)=O)[C@@H]1OC(C)=O. The number of carbonyl (C=O) groups is 4. The van der Waals surface area contributed by atoms with E-state index in [1.165, 1.54) is 18.2 Å². The summed E-state index contributed by atoms with van der Waals surface area (Å²) in [7, 11) is 0. The van der Waals surface area contributed by atoms with Crippen LogP contribution >= 0.6 is 11.6 Å². The Balaban J connectivity index is 2.06. The number of hydrogen-bond donors (Lipinski definition) is 1. The molecule has 5 atom stereocenters. The van der Waals surface area contributed by atoms with Gasteiger partial charge in [0.1, 0.15) is 18.5 Å². The predicted octanol–water partition coefficient (Wildman–Crippen LogP) is 3.59. The Morgan fingerprint density at radius 2 is 1.50 bits per heavy atom. The van der Waals surface area contributed by atoms with Gasteiger partial charge < -0.3 is 33.5 Å². The third kappa shape index (κ3) is 7.86. The van der Waals surface area contributed by atoms with Gasteiger partial charge in [-0.25, -0.2) is 0 Å². The van der Waals surface area contributed by atoms with Gasteiger partial charge in [0.2, 0.25) is 11.9 Å². The highest BCUT2D eigenvalue weighted by Crippen LogP contribution is 2.44. The summed E-state index contributed by atoms with van der Waals surface area (Å²) in [5, 5.41) is 12.3. The lowest BCUT2D eigenvalue weighted by molar-refractivity contribution is -0.360. The van der Waals surface area contributed by atoms with E-state index in [-0.39, 0.29) is 27.9 Å². The molecule has 1 aliphatic heterocycles. The normalized spacial score (nSPS) is 28.2. The van der Waals surface area contributed by atoms with Crippen LogP contribution in [0.15, 0.2) is 18.2 Å². The van der Waals surface area contributed by atoms with Gasteiger partial charge in [-0.15, -0.1) is 0 Å². The largest absolute Gasteiger partial charge is 0.489 e. The zero-order valence-electron chi connectivity index (χ0n) is 23.6. The predicted molar refractivity (Wildman–Crippen MR) is 140 cm³/mol. The molecule has 1 N–H and O–H groups in total. The van der Waals surface area contributed by atoms with Gasteiger partial charge in [-0.1, -0.05) is 31.5 Å². The number of aliphatic hydroxyl groups is 1. The minimum Gasteiger partial charge on any atom is -0.489 e. The van der Waals surface area contributed by atoms with Crippen LogP contribution in [0.5, 0.6) is 5.75 Å². The fourth-order valence-corrected chi connectivity index (χ4v) is 5.16. The third-order valence-electron chi connectivity index (χ3n) is 6.98. The van der Waals surface area contributed by atoms with Crippen molar-refractivity contribution < 1.29 is 52.7 Å². The highest BCUT2D eigenvalue weighted by atomic mass is 35.5. The van der Waals surface area contributed by atoms with E-state index in [4.69, 9.17) is 40.0 Å². The van der Waals surface area contributed by atoms with Gasteiger partial charge in [-0.05, 0) is 43.2 Å². The summed E-state index contributed by atoms with van der Waals surface area (Å²) in [5.41, 5.74) is 0.273. The number of carbonyl (C=O) groups excluding carboxylic acids is 4. The van der Waals surface area contributed by atoms with Crippen LogP contribution in [0.4, 0.5) is 0 Å². The Kier molecular flexibility index (Phi) is 10.1. The van der Waals surface area contributed by atoms with Gasteiger partial charge in [-0.3, -0.25) is 19.2 Å². The quantitative estimate of drug-likeness (QED) is 0.353. The van der Waals surface area contributed by atoms with Gasteiger partial charge in [-0.2, -0.15) is 0 Å². The summed E-state index contributed by atoms with van der Waals surface area (Å²) in [5.74, 6) is -5.29. The molecule has 2 aliphatic rings. The van der Waals surface area contributed by atoms with Crippen molar-refractivity contribution in [2.24, 2.45) is 5.41 Å². The molecule has 0 amide bonds. The van der Waals surface area contributed by atoms with E-state index >= 15 is 0 Å². The maximum atomic E-state index is 12.2. The number of benzene rings is 1. The maximum absolute atomic E-state index is 12.2. The Labute approximate surface area is 238 Å². The molecule has 2 fully saturated rings. The number of hydrogen-bond acceptors (Lipinski definition) is 11. The minimum atomic E-state index is -2.47. The zero-order valence-corrected chi connectivity index (χ0v) is 24.3. The Morgan fingerprint density at radius 3 is 2.05 bits per heavy atom. The topological polar surface area (TPSA) is 144 Å². The summed E-state index contributed by atoms with van der Waals surface area (Å²) < 4.78 is 33.5. The molecule has 0 bridgehead atoms. The van der Waals surface area contributed by atoms with Gasteiger partial charge in [0.15, 0.2) is 12.2 Å². The summed E-state index contributed by atoms with van der Waals surface area (Å²) in [6.07, 6.45) is -2.51. The van der Waals surface area contributed by atoms with E-state index < -0.39 is 60.7 Å². The molecule has 0 spiro atoms. The molecular weight excluding hydrogens is 548 g/mol. The van der Waals surface area contributed by atoms with Crippen molar-refractivity contribution in [3.05, 3.63) is 28.8 Å². The third-order valence-corrected chi connectivity index (χ3v) is 7.29. The van der Waals surface area contributed by atoms with Crippen LogP contribution in [0.25, 0.3) is 0 Å². The fourth-order valence-electron chi connectivity index (χ4n) is 5.00. The van der Waals surface area contributed by atoms with Gasteiger partial charge in [0.25, 0.3) is 0 Å². The van der Waals surface area contributed by atoms with Gasteiger partial charge in [0, 0.05) is 33.3 Å². The Hall–Kier alpha value is -2.89. The van der Waals surface area contributed by atoms with E-state index in [1.54, 1.807) is 0 Å². The van der Waals surface area contributed by atoms with Crippen LogP contribution in [0.2, 0.25) is 5.02 Å². The highest BCUT2D eigenvalue weighted by molar-refractivity contribution is 6.32. The average Bonchev–Trinajstić information content (AvgIpc) is 2.83. The monoisotopic (exact) mass is 584 g/mol. The van der Waals surface area contributed by atoms with E-state index in [0.717, 1.165) is 53.4 Å². The lowest BCUT2D eigenvalue weighted by Gasteiger charge is -2.48. The molecule has 1 saturated carbocycles. The van der Waals surface area contributed by atoms with Crippen LogP contribution in [0, 0.1) is 5.41 Å². The molecule has 0 aromatic heterocycles. The van der Waals surface area contributed by atoms with Crippen molar-refractivity contribution in [2.45, 2.75) is 104 Å². The molecule has 1 aromatic carbocycles. The summed E-state index contributed by atoms with van der Waals surface area (Å²) in [6.45, 7) is 8.41. The van der Waals surface area contributed by atoms with Crippen molar-refractivity contribution in [2.75, 3.05) is 6.61 Å². The maximum Gasteiger partial charge on any atom is 0.303 e. The first-order chi connectivity index (χ1) is 18.6. The highest BCUT2D eigenvalue weighted by Gasteiger charge is 2.60. The molecule has 0 radical (unpaired) electrons. The molecule has 1 heterocycles. The standard InChI is InChI=1S/C28H37ClO11/c1-15(30)35-14-23-24(36-16(2)31)25(37-17(3)32)26(38-18(4)33)28(34,40-23)19-7-8-21(29)22(13-19)39-20-9-11-27(5,6)12-10-20/h7-8,13,20,23-26,34H,9-12,14H2,1-6H3/t23-,24-,25+,26-,28+/m1/s1. The Bertz CT molecular complexity index is 1110. The second-order valence-electron chi connectivity index (χ2n) is 11.0. The molecule has 3 rings (SSSR count). The number of esters is 4. The molecule has 0 unspecified atom stereocenters. The lowest BCUT2D eigenvalue weighted by atomic mass is 9.76. The van der Waals surface area contributed by atoms with E-state index in [1.807, 2.05) is 0 Å². The molecule has 1 saturated heterocycles. The van der Waals surface area contributed by atoms with Crippen molar-refractivity contribution in [1.82, 2.24) is 0 Å². The van der Waals surface area contributed by atoms with Crippen molar-refractivity contribution in [3.8, 4) is 5.75 Å². The number of halogens is 1. The summed E-state index contributed by atoms with van der Waals surface area (Å²) in [4.78, 5) is 47.8. The van der Waals surface area contributed by atoms with Crippen molar-refractivity contribution in [1.29, 1.82) is 0 Å². The van der Waals surface area contributed by atoms with Crippen LogP contribution in [0.1, 0.15) is 72.8 Å². The molecule has 11 nitrogen and oxygen atoms in total. The first kappa shape index (κ1) is 31.6. The molecule has 40 heavy (non-hydrogen) atoms. The van der Waals surface area contributed by atoms with Crippen LogP contribution in [0.3, 0.4) is 0 Å². The van der Waals surface area contributed by atoms with Crippen LogP contribution in [-0.4, -0.2) is 66.1 Å². The summed E-state index contributed by atoms with van der Waals surface area (Å²) in [6, 6.07) is 4.39. The smallest absolute Gasteiger partial charge is 0.303 e. The van der Waals surface area contributed by atoms with Crippen LogP contribution < -0.4 is 4.74 Å². The molecule has 1 aromatic rings. The Morgan fingerprint density at radius 1 is 0.925 bits per heavy atom. The minimum absolute atomic E-state index is 0.0561. The number of rotatable bonds is 8. The van der Waals surface area contributed by atoms with E-state index in [9.17, 15) is 24.3 Å². The first-order valence-corrected chi connectivity index (χ1v) is 13.5. The summed E-state index contributed by atoms with van der Waals surface area (Å²) >= 11 is 6.45. The molecule has 1 aliphatic carbocycles. The average molecular weight is 585 g/mol. The fraction of sp³-hybridized carbons (Fsp3) is 0.643. The zero-order chi connectivity index (χ0) is 29.8. The van der Waals surface area contributed by atoms with Gasteiger partial charge in [0.05, 0.1) is 11.1 Å². The second kappa shape index (κ2) is 12.7.